The average Bonchev–Trinajstić information content (AvgIpc) is 3.32. The van der Waals surface area contributed by atoms with Crippen LogP contribution in [0.2, 0.25) is 5.02 Å². The van der Waals surface area contributed by atoms with E-state index in [2.05, 4.69) is 0 Å². The molecule has 0 fully saturated rings. The lowest BCUT2D eigenvalue weighted by molar-refractivity contribution is -0.137. The molecule has 7 heteroatoms. The van der Waals surface area contributed by atoms with Gasteiger partial charge in [0, 0.05) is 22.3 Å². The molecule has 0 amide bonds. The molecule has 174 valence electrons. The molecule has 1 heterocycles. The smallest absolute Gasteiger partial charge is 0.348 e. The highest BCUT2D eigenvalue weighted by Crippen LogP contribution is 2.28. The molecule has 0 unspecified atom stereocenters. The number of carbonyl (C=O) groups excluding carboxylic acids is 1. The van der Waals surface area contributed by atoms with Crippen LogP contribution in [0.25, 0.3) is 23.0 Å². The Morgan fingerprint density at radius 1 is 1.06 bits per heavy atom. The molecule has 0 aliphatic heterocycles. The topological polar surface area (TPSA) is 77.1 Å². The lowest BCUT2D eigenvalue weighted by atomic mass is 10.1. The number of benzene rings is 3. The first kappa shape index (κ1) is 23.8. The molecule has 0 N–H and O–H groups in total. The first-order valence-corrected chi connectivity index (χ1v) is 11.4. The molecule has 0 atom stereocenters. The van der Waals surface area contributed by atoms with E-state index >= 15 is 0 Å². The molecule has 0 aliphatic rings. The van der Waals surface area contributed by atoms with Crippen molar-refractivity contribution in [2.24, 2.45) is 0 Å². The van der Waals surface area contributed by atoms with Crippen molar-refractivity contribution in [3.63, 3.8) is 0 Å². The highest BCUT2D eigenvalue weighted by molar-refractivity contribution is 6.30. The largest absolute Gasteiger partial charge is 0.489 e. The fourth-order valence-corrected chi connectivity index (χ4v) is 3.51. The molecule has 0 saturated heterocycles. The van der Waals surface area contributed by atoms with E-state index in [1.807, 2.05) is 84.9 Å². The normalized spacial score (nSPS) is 11.1. The Bertz CT molecular complexity index is 1370. The van der Waals surface area contributed by atoms with E-state index < -0.39 is 5.97 Å². The van der Waals surface area contributed by atoms with E-state index in [4.69, 9.17) is 26.2 Å². The number of aromatic nitrogens is 2. The highest BCUT2D eigenvalue weighted by atomic mass is 35.5. The number of hydrogen-bond donors (Lipinski definition) is 0. The molecule has 0 radical (unpaired) electrons. The van der Waals surface area contributed by atoms with Gasteiger partial charge in [0.05, 0.1) is 18.0 Å². The van der Waals surface area contributed by atoms with E-state index in [0.29, 0.717) is 28.6 Å². The summed E-state index contributed by atoms with van der Waals surface area (Å²) in [7, 11) is 0. The third kappa shape index (κ3) is 5.97. The Hall–Kier alpha value is -4.34. The molecule has 3 aromatic carbocycles. The minimum absolute atomic E-state index is 0.0939. The summed E-state index contributed by atoms with van der Waals surface area (Å²) in [5.74, 6) is 0.0341. The van der Waals surface area contributed by atoms with Crippen molar-refractivity contribution in [2.45, 2.75) is 13.5 Å². The molecule has 35 heavy (non-hydrogen) atoms. The fourth-order valence-electron chi connectivity index (χ4n) is 3.39. The standard InChI is InChI=1S/C28H22ClN3O3/c1-2-34-28(33)22(17-30)16-23-18-32(25-6-4-3-5-7-25)31-27(23)21-10-14-26(15-11-21)35-19-20-8-12-24(29)13-9-20/h3-16,18H,2,19H2,1H3/b22-16-. The first-order chi connectivity index (χ1) is 17.1. The molecule has 0 aliphatic carbocycles. The van der Waals surface area contributed by atoms with Gasteiger partial charge < -0.3 is 9.47 Å². The lowest BCUT2D eigenvalue weighted by Gasteiger charge is -2.07. The van der Waals surface area contributed by atoms with Crippen LogP contribution in [0.1, 0.15) is 18.1 Å². The number of halogens is 1. The highest BCUT2D eigenvalue weighted by Gasteiger charge is 2.16. The van der Waals surface area contributed by atoms with Crippen molar-refractivity contribution in [2.75, 3.05) is 6.61 Å². The summed E-state index contributed by atoms with van der Waals surface area (Å²) in [5.41, 5.74) is 3.82. The van der Waals surface area contributed by atoms with E-state index in [-0.39, 0.29) is 12.2 Å². The number of nitrogens with zero attached hydrogens (tertiary/aromatic N) is 3. The predicted octanol–water partition coefficient (Wildman–Crippen LogP) is 6.24. The maximum Gasteiger partial charge on any atom is 0.348 e. The van der Waals surface area contributed by atoms with E-state index in [1.165, 1.54) is 6.08 Å². The molecule has 6 nitrogen and oxygen atoms in total. The van der Waals surface area contributed by atoms with Crippen molar-refractivity contribution in [1.82, 2.24) is 9.78 Å². The average molecular weight is 484 g/mol. The van der Waals surface area contributed by atoms with Crippen molar-refractivity contribution < 1.29 is 14.3 Å². The minimum Gasteiger partial charge on any atom is -0.489 e. The van der Waals surface area contributed by atoms with Crippen LogP contribution in [0.15, 0.2) is 90.6 Å². The Kier molecular flexibility index (Phi) is 7.61. The summed E-state index contributed by atoms with van der Waals surface area (Å²) < 4.78 is 12.6. The fraction of sp³-hybridized carbons (Fsp3) is 0.107. The summed E-state index contributed by atoms with van der Waals surface area (Å²) in [5, 5.41) is 14.9. The zero-order valence-corrected chi connectivity index (χ0v) is 19.8. The number of esters is 1. The minimum atomic E-state index is -0.667. The molecule has 0 saturated carbocycles. The zero-order chi connectivity index (χ0) is 24.6. The Morgan fingerprint density at radius 3 is 2.43 bits per heavy atom. The number of carbonyl (C=O) groups is 1. The van der Waals surface area contributed by atoms with E-state index in [9.17, 15) is 10.1 Å². The van der Waals surface area contributed by atoms with Crippen LogP contribution in [0.3, 0.4) is 0 Å². The van der Waals surface area contributed by atoms with Crippen LogP contribution < -0.4 is 4.74 Å². The van der Waals surface area contributed by atoms with Crippen molar-refractivity contribution in [1.29, 1.82) is 5.26 Å². The maximum absolute atomic E-state index is 12.2. The second-order valence-electron chi connectivity index (χ2n) is 7.54. The van der Waals surface area contributed by atoms with Crippen molar-refractivity contribution in [3.05, 3.63) is 107 Å². The maximum atomic E-state index is 12.2. The molecule has 0 spiro atoms. The SMILES string of the molecule is CCOC(=O)/C(C#N)=C\c1cn(-c2ccccc2)nc1-c1ccc(OCc2ccc(Cl)cc2)cc1. The molecular weight excluding hydrogens is 462 g/mol. The van der Waals surface area contributed by atoms with E-state index in [1.54, 1.807) is 17.8 Å². The molecule has 1 aromatic heterocycles. The molecular formula is C28H22ClN3O3. The number of hydrogen-bond acceptors (Lipinski definition) is 5. The second kappa shape index (κ2) is 11.2. The van der Waals surface area contributed by atoms with Gasteiger partial charge in [-0.25, -0.2) is 9.48 Å². The predicted molar refractivity (Wildman–Crippen MR) is 135 cm³/mol. The lowest BCUT2D eigenvalue weighted by Crippen LogP contribution is -2.06. The molecule has 4 aromatic rings. The van der Waals surface area contributed by atoms with Crippen molar-refractivity contribution >= 4 is 23.6 Å². The van der Waals surface area contributed by atoms with Gasteiger partial charge in [0.1, 0.15) is 24.0 Å². The van der Waals surface area contributed by atoms with Crippen LogP contribution in [0, 0.1) is 11.3 Å². The van der Waals surface area contributed by atoms with Crippen LogP contribution in [-0.2, 0) is 16.1 Å². The second-order valence-corrected chi connectivity index (χ2v) is 7.98. The van der Waals surface area contributed by atoms with E-state index in [0.717, 1.165) is 16.8 Å². The van der Waals surface area contributed by atoms with Gasteiger partial charge in [0.25, 0.3) is 0 Å². The van der Waals surface area contributed by atoms with Crippen LogP contribution in [-0.4, -0.2) is 22.4 Å². The van der Waals surface area contributed by atoms with Gasteiger partial charge in [0.15, 0.2) is 0 Å². The quantitative estimate of drug-likeness (QED) is 0.168. The third-order valence-electron chi connectivity index (χ3n) is 5.13. The molecule has 0 bridgehead atoms. The summed E-state index contributed by atoms with van der Waals surface area (Å²) in [6, 6.07) is 26.5. The summed E-state index contributed by atoms with van der Waals surface area (Å²) in [4.78, 5) is 12.2. The van der Waals surface area contributed by atoms with Gasteiger partial charge in [-0.15, -0.1) is 0 Å². The van der Waals surface area contributed by atoms with Crippen LogP contribution >= 0.6 is 11.6 Å². The van der Waals surface area contributed by atoms with Gasteiger partial charge in [-0.2, -0.15) is 10.4 Å². The number of rotatable bonds is 8. The Labute approximate surface area is 208 Å². The Morgan fingerprint density at radius 2 is 1.77 bits per heavy atom. The summed E-state index contributed by atoms with van der Waals surface area (Å²) >= 11 is 5.94. The summed E-state index contributed by atoms with van der Waals surface area (Å²) in [6.07, 6.45) is 3.29. The van der Waals surface area contributed by atoms with Gasteiger partial charge in [-0.05, 0) is 67.1 Å². The zero-order valence-electron chi connectivity index (χ0n) is 19.0. The third-order valence-corrected chi connectivity index (χ3v) is 5.38. The summed E-state index contributed by atoms with van der Waals surface area (Å²) in [6.45, 7) is 2.30. The van der Waals surface area contributed by atoms with Gasteiger partial charge in [-0.3, -0.25) is 0 Å². The Balaban J connectivity index is 1.64. The monoisotopic (exact) mass is 483 g/mol. The van der Waals surface area contributed by atoms with Gasteiger partial charge in [0.2, 0.25) is 0 Å². The van der Waals surface area contributed by atoms with Crippen LogP contribution in [0.5, 0.6) is 5.75 Å². The number of para-hydroxylation sites is 1. The van der Waals surface area contributed by atoms with Gasteiger partial charge >= 0.3 is 5.97 Å². The number of ether oxygens (including phenoxy) is 2. The van der Waals surface area contributed by atoms with Gasteiger partial charge in [-0.1, -0.05) is 41.9 Å². The first-order valence-electron chi connectivity index (χ1n) is 11.0. The molecule has 4 rings (SSSR count). The number of nitriles is 1. The van der Waals surface area contributed by atoms with Crippen molar-refractivity contribution in [3.8, 4) is 28.8 Å². The van der Waals surface area contributed by atoms with Crippen LogP contribution in [0.4, 0.5) is 0 Å².